The Hall–Kier alpha value is -1.06. The van der Waals surface area contributed by atoms with Crippen LogP contribution >= 0.6 is 0 Å². The number of ether oxygens (including phenoxy) is 1. The van der Waals surface area contributed by atoms with Gasteiger partial charge in [-0.15, -0.1) is 0 Å². The molecule has 1 aliphatic rings. The molecule has 0 aromatic carbocycles. The quantitative estimate of drug-likeness (QED) is 0.560. The standard InChI is InChI=1S/C14H25NO3/c1-9(2)11-7-6-10(3)8-12(11)18-14(17)13(16)15(4)5/h9-12H,6-8H2,1-5H3/t10-,11+,12-/m0/s1. The van der Waals surface area contributed by atoms with Gasteiger partial charge in [-0.25, -0.2) is 4.79 Å². The van der Waals surface area contributed by atoms with Gasteiger partial charge in [0, 0.05) is 14.1 Å². The molecule has 1 fully saturated rings. The largest absolute Gasteiger partial charge is 0.455 e. The number of nitrogens with zero attached hydrogens (tertiary/aromatic N) is 1. The van der Waals surface area contributed by atoms with Gasteiger partial charge in [-0.1, -0.05) is 27.2 Å². The van der Waals surface area contributed by atoms with Gasteiger partial charge in [0.05, 0.1) is 0 Å². The van der Waals surface area contributed by atoms with Crippen molar-refractivity contribution < 1.29 is 14.3 Å². The third-order valence-electron chi connectivity index (χ3n) is 3.80. The Morgan fingerprint density at radius 1 is 1.22 bits per heavy atom. The van der Waals surface area contributed by atoms with Crippen molar-refractivity contribution in [1.29, 1.82) is 0 Å². The number of esters is 1. The first-order chi connectivity index (χ1) is 8.32. The lowest BCUT2D eigenvalue weighted by molar-refractivity contribution is -0.167. The second kappa shape index (κ2) is 6.21. The lowest BCUT2D eigenvalue weighted by Gasteiger charge is -2.36. The zero-order valence-corrected chi connectivity index (χ0v) is 12.1. The van der Waals surface area contributed by atoms with Crippen molar-refractivity contribution in [2.24, 2.45) is 17.8 Å². The van der Waals surface area contributed by atoms with Crippen molar-refractivity contribution in [3.05, 3.63) is 0 Å². The van der Waals surface area contributed by atoms with Crippen LogP contribution in [0.1, 0.15) is 40.0 Å². The van der Waals surface area contributed by atoms with Crippen LogP contribution in [0.2, 0.25) is 0 Å². The van der Waals surface area contributed by atoms with Crippen LogP contribution in [0.5, 0.6) is 0 Å². The number of likely N-dealkylation sites (N-methyl/N-ethyl adjacent to an activating group) is 1. The van der Waals surface area contributed by atoms with Crippen LogP contribution in [0, 0.1) is 17.8 Å². The number of carbonyl (C=O) groups excluding carboxylic acids is 2. The lowest BCUT2D eigenvalue weighted by Crippen LogP contribution is -2.40. The number of amides is 1. The van der Waals surface area contributed by atoms with Gasteiger partial charge in [0.15, 0.2) is 0 Å². The monoisotopic (exact) mass is 255 g/mol. The fraction of sp³-hybridized carbons (Fsp3) is 0.857. The van der Waals surface area contributed by atoms with E-state index in [-0.39, 0.29) is 6.10 Å². The van der Waals surface area contributed by atoms with E-state index in [9.17, 15) is 9.59 Å². The molecule has 0 bridgehead atoms. The SMILES string of the molecule is CC(C)[C@H]1CC[C@H](C)C[C@@H]1OC(=O)C(=O)N(C)C. The van der Waals surface area contributed by atoms with Gasteiger partial charge in [0.1, 0.15) is 6.10 Å². The highest BCUT2D eigenvalue weighted by Crippen LogP contribution is 2.35. The average Bonchev–Trinajstić information content (AvgIpc) is 2.27. The Balaban J connectivity index is 2.66. The summed E-state index contributed by atoms with van der Waals surface area (Å²) in [6.45, 7) is 6.47. The van der Waals surface area contributed by atoms with Crippen LogP contribution in [0.25, 0.3) is 0 Å². The summed E-state index contributed by atoms with van der Waals surface area (Å²) in [7, 11) is 3.13. The van der Waals surface area contributed by atoms with E-state index < -0.39 is 11.9 Å². The molecule has 0 saturated heterocycles. The summed E-state index contributed by atoms with van der Waals surface area (Å²) in [5.41, 5.74) is 0. The summed E-state index contributed by atoms with van der Waals surface area (Å²) in [5, 5.41) is 0. The van der Waals surface area contributed by atoms with E-state index in [0.717, 1.165) is 12.8 Å². The highest BCUT2D eigenvalue weighted by Gasteiger charge is 2.34. The highest BCUT2D eigenvalue weighted by atomic mass is 16.6. The van der Waals surface area contributed by atoms with E-state index in [2.05, 4.69) is 20.8 Å². The van der Waals surface area contributed by atoms with Gasteiger partial charge in [-0.2, -0.15) is 0 Å². The number of hydrogen-bond donors (Lipinski definition) is 0. The van der Waals surface area contributed by atoms with Crippen LogP contribution in [-0.4, -0.2) is 37.0 Å². The van der Waals surface area contributed by atoms with Crippen LogP contribution in [-0.2, 0) is 14.3 Å². The summed E-state index contributed by atoms with van der Waals surface area (Å²) >= 11 is 0. The Kier molecular flexibility index (Phi) is 5.17. The third-order valence-corrected chi connectivity index (χ3v) is 3.80. The number of carbonyl (C=O) groups is 2. The summed E-state index contributed by atoms with van der Waals surface area (Å²) < 4.78 is 5.43. The molecule has 0 aliphatic heterocycles. The molecule has 0 spiro atoms. The Bertz CT molecular complexity index is 312. The topological polar surface area (TPSA) is 46.6 Å². The molecule has 0 heterocycles. The maximum absolute atomic E-state index is 11.7. The van der Waals surface area contributed by atoms with Crippen LogP contribution in [0.4, 0.5) is 0 Å². The molecule has 0 aromatic heterocycles. The van der Waals surface area contributed by atoms with Crippen molar-refractivity contribution in [1.82, 2.24) is 4.90 Å². The second-order valence-corrected chi connectivity index (χ2v) is 5.97. The zero-order valence-electron chi connectivity index (χ0n) is 12.1. The lowest BCUT2D eigenvalue weighted by atomic mass is 9.75. The average molecular weight is 255 g/mol. The van der Waals surface area contributed by atoms with Gasteiger partial charge in [-0.3, -0.25) is 4.79 Å². The van der Waals surface area contributed by atoms with E-state index in [0.29, 0.717) is 17.8 Å². The smallest absolute Gasteiger partial charge is 0.397 e. The molecule has 1 amide bonds. The molecule has 3 atom stereocenters. The molecule has 4 heteroatoms. The molecule has 104 valence electrons. The minimum atomic E-state index is -0.718. The van der Waals surface area contributed by atoms with E-state index >= 15 is 0 Å². The fourth-order valence-corrected chi connectivity index (χ4v) is 2.62. The van der Waals surface area contributed by atoms with Gasteiger partial charge in [-0.05, 0) is 30.6 Å². The predicted octanol–water partition coefficient (Wildman–Crippen LogP) is 2.08. The summed E-state index contributed by atoms with van der Waals surface area (Å²) in [5.74, 6) is 0.123. The number of hydrogen-bond acceptors (Lipinski definition) is 3. The zero-order chi connectivity index (χ0) is 13.9. The molecule has 0 aromatic rings. The molecule has 1 saturated carbocycles. The van der Waals surface area contributed by atoms with E-state index in [4.69, 9.17) is 4.74 Å². The van der Waals surface area contributed by atoms with Gasteiger partial charge < -0.3 is 9.64 Å². The molecule has 1 rings (SSSR count). The summed E-state index contributed by atoms with van der Waals surface area (Å²) in [6.07, 6.45) is 3.02. The van der Waals surface area contributed by atoms with Gasteiger partial charge in [0.2, 0.25) is 0 Å². The Morgan fingerprint density at radius 2 is 1.83 bits per heavy atom. The van der Waals surface area contributed by atoms with Crippen molar-refractivity contribution in [2.45, 2.75) is 46.1 Å². The van der Waals surface area contributed by atoms with Crippen LogP contribution in [0.15, 0.2) is 0 Å². The Labute approximate surface area is 110 Å². The molecule has 0 N–H and O–H groups in total. The predicted molar refractivity (Wildman–Crippen MR) is 69.9 cm³/mol. The van der Waals surface area contributed by atoms with E-state index in [1.165, 1.54) is 11.3 Å². The van der Waals surface area contributed by atoms with Crippen LogP contribution < -0.4 is 0 Å². The van der Waals surface area contributed by atoms with Crippen molar-refractivity contribution in [2.75, 3.05) is 14.1 Å². The minimum absolute atomic E-state index is 0.106. The summed E-state index contributed by atoms with van der Waals surface area (Å²) in [6, 6.07) is 0. The maximum atomic E-state index is 11.7. The van der Waals surface area contributed by atoms with Crippen molar-refractivity contribution in [3.8, 4) is 0 Å². The van der Waals surface area contributed by atoms with E-state index in [1.807, 2.05) is 0 Å². The summed E-state index contributed by atoms with van der Waals surface area (Å²) in [4.78, 5) is 24.5. The second-order valence-electron chi connectivity index (χ2n) is 5.97. The molecular weight excluding hydrogens is 230 g/mol. The van der Waals surface area contributed by atoms with Gasteiger partial charge in [0.25, 0.3) is 0 Å². The fourth-order valence-electron chi connectivity index (χ4n) is 2.62. The van der Waals surface area contributed by atoms with Crippen molar-refractivity contribution >= 4 is 11.9 Å². The van der Waals surface area contributed by atoms with E-state index in [1.54, 1.807) is 14.1 Å². The molecule has 18 heavy (non-hydrogen) atoms. The van der Waals surface area contributed by atoms with Gasteiger partial charge >= 0.3 is 11.9 Å². The number of rotatable bonds is 2. The van der Waals surface area contributed by atoms with Crippen molar-refractivity contribution in [3.63, 3.8) is 0 Å². The first-order valence-electron chi connectivity index (χ1n) is 6.75. The highest BCUT2D eigenvalue weighted by molar-refractivity contribution is 6.32. The molecule has 0 unspecified atom stereocenters. The normalized spacial score (nSPS) is 28.0. The third kappa shape index (κ3) is 3.72. The molecule has 4 nitrogen and oxygen atoms in total. The molecule has 0 radical (unpaired) electrons. The Morgan fingerprint density at radius 3 is 2.33 bits per heavy atom. The molecular formula is C14H25NO3. The first kappa shape index (κ1) is 15.0. The maximum Gasteiger partial charge on any atom is 0.397 e. The molecule has 1 aliphatic carbocycles. The first-order valence-corrected chi connectivity index (χ1v) is 6.75. The minimum Gasteiger partial charge on any atom is -0.455 e. The van der Waals surface area contributed by atoms with Crippen LogP contribution in [0.3, 0.4) is 0 Å².